The third-order valence-electron chi connectivity index (χ3n) is 9.37. The van der Waals surface area contributed by atoms with Crippen LogP contribution in [0.3, 0.4) is 0 Å². The maximum atomic E-state index is 2.68. The van der Waals surface area contributed by atoms with Crippen molar-refractivity contribution in [3.63, 3.8) is 0 Å². The Kier molecular flexibility index (Phi) is 11.0. The monoisotopic (exact) mass is 826 g/mol. The molecule has 0 nitrogen and oxygen atoms in total. The summed E-state index contributed by atoms with van der Waals surface area (Å²) in [5, 5.41) is 0. The fraction of sp³-hybridized carbons (Fsp3) is 0.487. The molecule has 0 amide bonds. The molecule has 4 heteroatoms. The van der Waals surface area contributed by atoms with Crippen molar-refractivity contribution < 1.29 is 0 Å². The molecule has 0 saturated carbocycles. The van der Waals surface area contributed by atoms with E-state index >= 15 is 0 Å². The Balaban J connectivity index is 1.67. The first kappa shape index (κ1) is 33.8. The van der Waals surface area contributed by atoms with Crippen molar-refractivity contribution in [2.24, 2.45) is 0 Å². The van der Waals surface area contributed by atoms with Gasteiger partial charge in [-0.05, 0) is 0 Å². The van der Waals surface area contributed by atoms with Crippen LogP contribution in [-0.4, -0.2) is 36.8 Å². The summed E-state index contributed by atoms with van der Waals surface area (Å²) in [6.45, 7) is 4.60. The topological polar surface area (TPSA) is 0 Å². The molecule has 2 aromatic heterocycles. The molecule has 0 spiro atoms. The predicted molar refractivity (Wildman–Crippen MR) is 201 cm³/mol. The Morgan fingerprint density at radius 2 is 0.884 bits per heavy atom. The van der Waals surface area contributed by atoms with Crippen molar-refractivity contribution in [2.75, 3.05) is 0 Å². The van der Waals surface area contributed by atoms with Gasteiger partial charge in [-0.3, -0.25) is 0 Å². The minimum atomic E-state index is -2.29. The summed E-state index contributed by atoms with van der Waals surface area (Å²) in [6, 6.07) is 25.2. The van der Waals surface area contributed by atoms with Gasteiger partial charge in [0.2, 0.25) is 0 Å². The molecule has 0 aliphatic heterocycles. The average Bonchev–Trinajstić information content (AvgIpc) is 3.66. The number of rotatable bonds is 14. The summed E-state index contributed by atoms with van der Waals surface area (Å²) < 4.78 is 3.42. The quantitative estimate of drug-likeness (QED) is 0.0773. The van der Waals surface area contributed by atoms with Gasteiger partial charge in [0.1, 0.15) is 0 Å². The molecule has 0 saturated heterocycles. The SMILES string of the molecule is CCCCCCc1ccc(C2(c3ccc(CCCCCC)cc3)c3c[c]([Sn]([CH3])([CH3])[CH3])sc3-c3s[c]([Sn]([CH3])([CH3])[CH3])cc32)cc1. The third kappa shape index (κ3) is 7.08. The Labute approximate surface area is 279 Å². The van der Waals surface area contributed by atoms with Gasteiger partial charge in [-0.15, -0.1) is 0 Å². The maximum absolute atomic E-state index is 2.68. The first-order valence-corrected chi connectivity index (χ1v) is 38.6. The van der Waals surface area contributed by atoms with E-state index in [1.54, 1.807) is 26.7 Å². The molecular weight excluding hydrogens is 770 g/mol. The number of thiophene rings is 2. The molecule has 4 aromatic rings. The summed E-state index contributed by atoms with van der Waals surface area (Å²) in [7, 11) is 0. The van der Waals surface area contributed by atoms with Gasteiger partial charge in [0.25, 0.3) is 0 Å². The second kappa shape index (κ2) is 14.1. The van der Waals surface area contributed by atoms with Crippen molar-refractivity contribution in [1.82, 2.24) is 0 Å². The van der Waals surface area contributed by atoms with Crippen LogP contribution in [0.1, 0.15) is 98.6 Å². The van der Waals surface area contributed by atoms with Gasteiger partial charge in [-0.2, -0.15) is 0 Å². The molecule has 0 bridgehead atoms. The molecule has 43 heavy (non-hydrogen) atoms. The van der Waals surface area contributed by atoms with Gasteiger partial charge in [-0.1, -0.05) is 26.7 Å². The summed E-state index contributed by atoms with van der Waals surface area (Å²) in [5.41, 5.74) is 8.83. The molecule has 0 fully saturated rings. The predicted octanol–water partition coefficient (Wildman–Crippen LogP) is 11.5. The van der Waals surface area contributed by atoms with Crippen LogP contribution in [0.4, 0.5) is 0 Å². The number of benzene rings is 2. The molecule has 230 valence electrons. The van der Waals surface area contributed by atoms with E-state index < -0.39 is 36.8 Å². The van der Waals surface area contributed by atoms with Crippen LogP contribution in [0.2, 0.25) is 29.6 Å². The van der Waals surface area contributed by atoms with Gasteiger partial charge < -0.3 is 0 Å². The van der Waals surface area contributed by atoms with Crippen LogP contribution < -0.4 is 5.79 Å². The Bertz CT molecular complexity index is 1380. The standard InChI is InChI=1S/C33H36S2.6CH3.2Sn/c1-3-5-7-9-11-25-13-17-27(18-14-25)33(28-19-15-26(16-20-28)12-10-8-6-4-2)29-21-23-34-31(29)32-30(33)22-24-35-32;;;;;;;;/h13-22H,3-12H2,1-2H3;6*1H3;;. The molecule has 5 rings (SSSR count). The second-order valence-electron chi connectivity index (χ2n) is 15.0. The molecular formula is C39H54S2Sn2. The summed E-state index contributed by atoms with van der Waals surface area (Å²) in [4.78, 5) is 18.7. The van der Waals surface area contributed by atoms with Gasteiger partial charge in [0.15, 0.2) is 0 Å². The van der Waals surface area contributed by atoms with E-state index in [0.29, 0.717) is 0 Å². The van der Waals surface area contributed by atoms with Crippen LogP contribution in [0.5, 0.6) is 0 Å². The van der Waals surface area contributed by atoms with Crippen molar-refractivity contribution in [3.8, 4) is 9.75 Å². The van der Waals surface area contributed by atoms with E-state index in [4.69, 9.17) is 0 Å². The van der Waals surface area contributed by atoms with E-state index in [2.05, 4.69) is 127 Å². The first-order valence-electron chi connectivity index (χ1n) is 17.0. The van der Waals surface area contributed by atoms with E-state index in [9.17, 15) is 0 Å². The van der Waals surface area contributed by atoms with E-state index in [1.165, 1.54) is 86.5 Å². The van der Waals surface area contributed by atoms with Crippen LogP contribution >= 0.6 is 22.7 Å². The second-order valence-corrected chi connectivity index (χ2v) is 47.9. The molecule has 0 atom stereocenters. The third-order valence-corrected chi connectivity index (χ3v) is 30.7. The number of aryl methyl sites for hydroxylation is 2. The molecule has 0 N–H and O–H groups in total. The van der Waals surface area contributed by atoms with Crippen LogP contribution in [0.15, 0.2) is 60.7 Å². The van der Waals surface area contributed by atoms with Gasteiger partial charge in [0.05, 0.1) is 0 Å². The molecule has 1 aliphatic carbocycles. The fourth-order valence-electron chi connectivity index (χ4n) is 6.70. The molecule has 0 unspecified atom stereocenters. The van der Waals surface area contributed by atoms with Crippen LogP contribution in [-0.2, 0) is 18.3 Å². The van der Waals surface area contributed by atoms with Gasteiger partial charge >= 0.3 is 255 Å². The zero-order chi connectivity index (χ0) is 30.8. The normalized spacial score (nSPS) is 14.2. The van der Waals surface area contributed by atoms with Gasteiger partial charge in [0, 0.05) is 0 Å². The van der Waals surface area contributed by atoms with Crippen molar-refractivity contribution in [1.29, 1.82) is 0 Å². The van der Waals surface area contributed by atoms with Crippen LogP contribution in [0, 0.1) is 0 Å². The first-order chi connectivity index (χ1) is 20.5. The molecule has 0 radical (unpaired) electrons. The van der Waals surface area contributed by atoms with Crippen LogP contribution in [0.25, 0.3) is 9.75 Å². The Morgan fingerprint density at radius 3 is 1.21 bits per heavy atom. The molecule has 2 aromatic carbocycles. The van der Waals surface area contributed by atoms with E-state index in [-0.39, 0.29) is 5.41 Å². The molecule has 2 heterocycles. The molecule has 1 aliphatic rings. The zero-order valence-corrected chi connectivity index (χ0v) is 35.5. The van der Waals surface area contributed by atoms with Crippen molar-refractivity contribution in [3.05, 3.63) is 94.0 Å². The van der Waals surface area contributed by atoms with Gasteiger partial charge in [-0.25, -0.2) is 0 Å². The number of hydrogen-bond acceptors (Lipinski definition) is 2. The Hall–Kier alpha value is -0.563. The summed E-state index contributed by atoms with van der Waals surface area (Å²) in [5.74, 6) is 0. The fourth-order valence-corrected chi connectivity index (χ4v) is 19.7. The van der Waals surface area contributed by atoms with E-state index in [1.807, 2.05) is 0 Å². The van der Waals surface area contributed by atoms with Crippen molar-refractivity contribution >= 4 is 65.2 Å². The zero-order valence-electron chi connectivity index (χ0n) is 28.2. The number of hydrogen-bond donors (Lipinski definition) is 0. The number of unbranched alkanes of at least 4 members (excludes halogenated alkanes) is 6. The summed E-state index contributed by atoms with van der Waals surface area (Å²) >= 11 is -0.270. The van der Waals surface area contributed by atoms with E-state index in [0.717, 1.165) is 0 Å². The Morgan fingerprint density at radius 1 is 0.512 bits per heavy atom. The minimum absolute atomic E-state index is 0.218. The average molecular weight is 824 g/mol. The van der Waals surface area contributed by atoms with Crippen molar-refractivity contribution in [2.45, 2.75) is 113 Å². The number of fused-ring (bicyclic) bond motifs is 3. The summed E-state index contributed by atoms with van der Waals surface area (Å²) in [6.07, 6.45) is 13.0.